The van der Waals surface area contributed by atoms with Crippen LogP contribution in [-0.4, -0.2) is 30.6 Å². The highest BCUT2D eigenvalue weighted by Crippen LogP contribution is 2.36. The van der Waals surface area contributed by atoms with Crippen LogP contribution >= 0.6 is 11.6 Å². The number of nitrogens with zero attached hydrogens (tertiary/aromatic N) is 1. The predicted molar refractivity (Wildman–Crippen MR) is 108 cm³/mol. The van der Waals surface area contributed by atoms with E-state index in [9.17, 15) is 4.79 Å². The summed E-state index contributed by atoms with van der Waals surface area (Å²) < 4.78 is 10.9. The first-order chi connectivity index (χ1) is 13.1. The molecule has 0 spiro atoms. The fourth-order valence-corrected chi connectivity index (χ4v) is 3.26. The average Bonchev–Trinajstić information content (AvgIpc) is 3.50. The van der Waals surface area contributed by atoms with Crippen LogP contribution in [0.1, 0.15) is 30.9 Å². The minimum absolute atomic E-state index is 0.00579. The number of halogens is 1. The Morgan fingerprint density at radius 1 is 1.26 bits per heavy atom. The molecule has 0 unspecified atom stereocenters. The number of carbonyl (C=O) groups is 1. The minimum Gasteiger partial charge on any atom is -0.491 e. The highest BCUT2D eigenvalue weighted by molar-refractivity contribution is 6.32. The molecule has 0 radical (unpaired) electrons. The number of carbonyl (C=O) groups excluding carboxylic acids is 1. The average molecular weight is 386 g/mol. The summed E-state index contributed by atoms with van der Waals surface area (Å²) in [5.74, 6) is 1.08. The second-order valence-electron chi connectivity index (χ2n) is 6.48. The first-order valence-corrected chi connectivity index (χ1v) is 9.53. The Morgan fingerprint density at radius 2 is 2.00 bits per heavy atom. The number of hydrogen-bond acceptors (Lipinski definition) is 3. The second-order valence-corrected chi connectivity index (χ2v) is 6.89. The third-order valence-corrected chi connectivity index (χ3v) is 4.70. The first kappa shape index (κ1) is 19.3. The third kappa shape index (κ3) is 5.04. The number of methoxy groups -OCH3 is 1. The topological polar surface area (TPSA) is 38.8 Å². The molecule has 2 aromatic carbocycles. The van der Waals surface area contributed by atoms with Gasteiger partial charge in [-0.25, -0.2) is 0 Å². The molecular formula is C22H24ClNO3. The van der Waals surface area contributed by atoms with Crippen LogP contribution in [0.2, 0.25) is 5.02 Å². The van der Waals surface area contributed by atoms with E-state index in [1.54, 1.807) is 25.3 Å². The van der Waals surface area contributed by atoms with Gasteiger partial charge in [0.25, 0.3) is 0 Å². The van der Waals surface area contributed by atoms with Crippen LogP contribution in [0.15, 0.2) is 48.5 Å². The van der Waals surface area contributed by atoms with Crippen LogP contribution in [0.25, 0.3) is 6.08 Å². The van der Waals surface area contributed by atoms with Crippen LogP contribution in [0.4, 0.5) is 0 Å². The van der Waals surface area contributed by atoms with Gasteiger partial charge < -0.3 is 14.4 Å². The van der Waals surface area contributed by atoms with Crippen molar-refractivity contribution < 1.29 is 14.3 Å². The number of benzene rings is 2. The normalized spacial score (nSPS) is 13.6. The van der Waals surface area contributed by atoms with Gasteiger partial charge in [-0.2, -0.15) is 0 Å². The van der Waals surface area contributed by atoms with Gasteiger partial charge in [-0.05, 0) is 49.1 Å². The molecule has 27 heavy (non-hydrogen) atoms. The molecule has 1 amide bonds. The molecule has 0 bridgehead atoms. The fraction of sp³-hybridized carbons (Fsp3) is 0.318. The fourth-order valence-electron chi connectivity index (χ4n) is 2.96. The Bertz CT molecular complexity index is 816. The van der Waals surface area contributed by atoms with Gasteiger partial charge in [-0.3, -0.25) is 4.79 Å². The molecule has 0 saturated heterocycles. The maximum atomic E-state index is 12.8. The lowest BCUT2D eigenvalue weighted by molar-refractivity contribution is -0.127. The van der Waals surface area contributed by atoms with Gasteiger partial charge in [0.1, 0.15) is 0 Å². The summed E-state index contributed by atoms with van der Waals surface area (Å²) in [7, 11) is 1.56. The molecule has 0 heterocycles. The Balaban J connectivity index is 1.76. The van der Waals surface area contributed by atoms with E-state index in [1.807, 2.05) is 48.2 Å². The molecule has 0 aromatic heterocycles. The highest BCUT2D eigenvalue weighted by atomic mass is 35.5. The molecule has 3 rings (SSSR count). The monoisotopic (exact) mass is 385 g/mol. The highest BCUT2D eigenvalue weighted by Gasteiger charge is 2.31. The zero-order chi connectivity index (χ0) is 19.2. The molecule has 0 atom stereocenters. The lowest BCUT2D eigenvalue weighted by Gasteiger charge is -2.21. The standard InChI is InChI=1S/C22H24ClNO3/c1-3-27-20-14-17(13-19(23)22(20)26-2)9-12-21(25)24(18-10-11-18)15-16-7-5-4-6-8-16/h4-9,12-14,18H,3,10-11,15H2,1-2H3/b12-9+. The molecule has 1 aliphatic carbocycles. The largest absolute Gasteiger partial charge is 0.491 e. The van der Waals surface area contributed by atoms with Gasteiger partial charge in [0.05, 0.1) is 18.7 Å². The smallest absolute Gasteiger partial charge is 0.247 e. The summed E-state index contributed by atoms with van der Waals surface area (Å²) in [5, 5.41) is 0.457. The van der Waals surface area contributed by atoms with Gasteiger partial charge in [-0.15, -0.1) is 0 Å². The SMILES string of the molecule is CCOc1cc(/C=C/C(=O)N(Cc2ccccc2)C2CC2)cc(Cl)c1OC. The molecule has 5 heteroatoms. The van der Waals surface area contributed by atoms with Crippen LogP contribution in [0.3, 0.4) is 0 Å². The van der Waals surface area contributed by atoms with Crippen LogP contribution in [0.5, 0.6) is 11.5 Å². The summed E-state index contributed by atoms with van der Waals surface area (Å²) in [6, 6.07) is 14.0. The van der Waals surface area contributed by atoms with Gasteiger partial charge in [0, 0.05) is 18.7 Å². The summed E-state index contributed by atoms with van der Waals surface area (Å²) in [6.45, 7) is 3.03. The summed E-state index contributed by atoms with van der Waals surface area (Å²) >= 11 is 6.28. The summed E-state index contributed by atoms with van der Waals surface area (Å²) in [5.41, 5.74) is 1.94. The number of amides is 1. The molecular weight excluding hydrogens is 362 g/mol. The van der Waals surface area contributed by atoms with Gasteiger partial charge in [-0.1, -0.05) is 41.9 Å². The zero-order valence-electron chi connectivity index (χ0n) is 15.7. The van der Waals surface area contributed by atoms with Crippen molar-refractivity contribution in [1.82, 2.24) is 4.90 Å². The van der Waals surface area contributed by atoms with E-state index in [0.29, 0.717) is 35.7 Å². The van der Waals surface area contributed by atoms with E-state index in [2.05, 4.69) is 0 Å². The Labute approximate surface area is 165 Å². The molecule has 0 aliphatic heterocycles. The van der Waals surface area contributed by atoms with Crippen molar-refractivity contribution in [2.75, 3.05) is 13.7 Å². The van der Waals surface area contributed by atoms with Crippen molar-refractivity contribution in [3.63, 3.8) is 0 Å². The Morgan fingerprint density at radius 3 is 2.63 bits per heavy atom. The van der Waals surface area contributed by atoms with Crippen molar-refractivity contribution in [3.8, 4) is 11.5 Å². The van der Waals surface area contributed by atoms with Crippen LogP contribution in [-0.2, 0) is 11.3 Å². The second kappa shape index (κ2) is 8.96. The minimum atomic E-state index is 0.00579. The van der Waals surface area contributed by atoms with Crippen molar-refractivity contribution in [3.05, 3.63) is 64.7 Å². The van der Waals surface area contributed by atoms with E-state index in [0.717, 1.165) is 24.0 Å². The van der Waals surface area contributed by atoms with Crippen molar-refractivity contribution in [2.24, 2.45) is 0 Å². The maximum Gasteiger partial charge on any atom is 0.247 e. The van der Waals surface area contributed by atoms with Gasteiger partial charge in [0.2, 0.25) is 5.91 Å². The Kier molecular flexibility index (Phi) is 6.40. The van der Waals surface area contributed by atoms with E-state index in [1.165, 1.54) is 0 Å². The Hall–Kier alpha value is -2.46. The van der Waals surface area contributed by atoms with Crippen molar-refractivity contribution in [2.45, 2.75) is 32.4 Å². The summed E-state index contributed by atoms with van der Waals surface area (Å²) in [4.78, 5) is 14.7. The quantitative estimate of drug-likeness (QED) is 0.603. The van der Waals surface area contributed by atoms with E-state index in [-0.39, 0.29) is 5.91 Å². The molecule has 142 valence electrons. The van der Waals surface area contributed by atoms with Crippen molar-refractivity contribution in [1.29, 1.82) is 0 Å². The third-order valence-electron chi connectivity index (χ3n) is 4.42. The number of hydrogen-bond donors (Lipinski definition) is 0. The predicted octanol–water partition coefficient (Wildman–Crippen LogP) is 4.95. The van der Waals surface area contributed by atoms with Gasteiger partial charge >= 0.3 is 0 Å². The lowest BCUT2D eigenvalue weighted by atomic mass is 10.1. The van der Waals surface area contributed by atoms with E-state index >= 15 is 0 Å². The van der Waals surface area contributed by atoms with E-state index in [4.69, 9.17) is 21.1 Å². The van der Waals surface area contributed by atoms with Gasteiger partial charge in [0.15, 0.2) is 11.5 Å². The maximum absolute atomic E-state index is 12.8. The molecule has 1 aliphatic rings. The zero-order valence-corrected chi connectivity index (χ0v) is 16.4. The first-order valence-electron chi connectivity index (χ1n) is 9.15. The number of rotatable bonds is 8. The summed E-state index contributed by atoms with van der Waals surface area (Å²) in [6.07, 6.45) is 5.51. The number of ether oxygens (including phenoxy) is 2. The molecule has 1 saturated carbocycles. The molecule has 0 N–H and O–H groups in total. The molecule has 2 aromatic rings. The van der Waals surface area contributed by atoms with E-state index < -0.39 is 0 Å². The van der Waals surface area contributed by atoms with Crippen LogP contribution in [0, 0.1) is 0 Å². The molecule has 1 fully saturated rings. The van der Waals surface area contributed by atoms with Crippen LogP contribution < -0.4 is 9.47 Å². The lowest BCUT2D eigenvalue weighted by Crippen LogP contribution is -2.31. The molecule has 4 nitrogen and oxygen atoms in total. The van der Waals surface area contributed by atoms with Crippen molar-refractivity contribution >= 4 is 23.6 Å².